The molecule has 0 saturated heterocycles. The lowest BCUT2D eigenvalue weighted by molar-refractivity contribution is 0.283. The van der Waals surface area contributed by atoms with Crippen molar-refractivity contribution in [3.8, 4) is 0 Å². The molecule has 0 unspecified atom stereocenters. The fraction of sp³-hybridized carbons (Fsp3) is 0.438. The van der Waals surface area contributed by atoms with Crippen LogP contribution in [0.15, 0.2) is 22.6 Å². The fourth-order valence-corrected chi connectivity index (χ4v) is 2.99. The van der Waals surface area contributed by atoms with Crippen molar-refractivity contribution in [3.63, 3.8) is 0 Å². The number of aromatic nitrogens is 1. The Balaban J connectivity index is 1.87. The lowest BCUT2D eigenvalue weighted by Gasteiger charge is -2.02. The Morgan fingerprint density at radius 3 is 2.86 bits per heavy atom. The van der Waals surface area contributed by atoms with E-state index in [-0.39, 0.29) is 6.61 Å². The summed E-state index contributed by atoms with van der Waals surface area (Å²) in [5.41, 5.74) is 1.80. The minimum atomic E-state index is 0.279. The van der Waals surface area contributed by atoms with Gasteiger partial charge in [0.05, 0.1) is 5.75 Å². The first kappa shape index (κ1) is 15.9. The summed E-state index contributed by atoms with van der Waals surface area (Å²) in [6.07, 6.45) is 4.20. The molecule has 0 bridgehead atoms. The molecule has 1 heterocycles. The molecule has 2 aromatic rings. The number of benzene rings is 1. The second-order valence-electron chi connectivity index (χ2n) is 4.93. The van der Waals surface area contributed by atoms with E-state index in [1.54, 1.807) is 17.8 Å². The molecule has 1 aromatic heterocycles. The molecule has 5 heteroatoms. The maximum Gasteiger partial charge on any atom is 0.212 e. The highest BCUT2D eigenvalue weighted by Crippen LogP contribution is 2.11. The summed E-state index contributed by atoms with van der Waals surface area (Å²) >= 11 is 1.72. The first-order valence-electron chi connectivity index (χ1n) is 7.17. The van der Waals surface area contributed by atoms with Gasteiger partial charge >= 0.3 is 0 Å². The van der Waals surface area contributed by atoms with E-state index in [0.717, 1.165) is 42.2 Å². The van der Waals surface area contributed by atoms with Gasteiger partial charge in [0.15, 0.2) is 5.58 Å². The van der Waals surface area contributed by atoms with Gasteiger partial charge in [-0.3, -0.25) is 0 Å². The fourth-order valence-electron chi connectivity index (χ4n) is 2.07. The molecule has 0 saturated carbocycles. The Morgan fingerprint density at radius 1 is 1.24 bits per heavy atom. The lowest BCUT2D eigenvalue weighted by Crippen LogP contribution is -2.06. The van der Waals surface area contributed by atoms with Crippen molar-refractivity contribution in [1.29, 1.82) is 0 Å². The summed E-state index contributed by atoms with van der Waals surface area (Å²) < 4.78 is 5.37. The third kappa shape index (κ3) is 4.79. The van der Waals surface area contributed by atoms with Crippen LogP contribution in [-0.2, 0) is 0 Å². The first-order chi connectivity index (χ1) is 10.2. The van der Waals surface area contributed by atoms with Crippen LogP contribution >= 0.6 is 11.8 Å². The van der Waals surface area contributed by atoms with Gasteiger partial charge < -0.3 is 14.6 Å². The number of fused-ring (bicyclic) bond motifs is 1. The predicted molar refractivity (Wildman–Crippen MR) is 87.7 cm³/mol. The number of aliphatic hydroxyl groups excluding tert-OH is 2. The Morgan fingerprint density at radius 2 is 2.05 bits per heavy atom. The second-order valence-corrected chi connectivity index (χ2v) is 6.03. The zero-order valence-electron chi connectivity index (χ0n) is 12.0. The lowest BCUT2D eigenvalue weighted by atomic mass is 10.2. The van der Waals surface area contributed by atoms with Crippen LogP contribution in [0.2, 0.25) is 0 Å². The van der Waals surface area contributed by atoms with Gasteiger partial charge in [-0.25, -0.2) is 4.98 Å². The van der Waals surface area contributed by atoms with Crippen molar-refractivity contribution in [2.24, 2.45) is 0 Å². The molecule has 1 aromatic carbocycles. The summed E-state index contributed by atoms with van der Waals surface area (Å²) in [7, 11) is 0. The zero-order chi connectivity index (χ0) is 15.1. The summed E-state index contributed by atoms with van der Waals surface area (Å²) in [4.78, 5) is 4.13. The standard InChI is InChI=1S/C16H21NO3S/c1-12-17-14-7-6-13(10-16(14)20-12)15(19)11-21-9-5-3-2-4-8-18/h6-7,10,18-19H,1-5,8-9,11H2/b15-13-. The average molecular weight is 307 g/mol. The van der Waals surface area contributed by atoms with Gasteiger partial charge in [0.1, 0.15) is 11.3 Å². The molecule has 0 fully saturated rings. The maximum absolute atomic E-state index is 10.1. The van der Waals surface area contributed by atoms with E-state index in [1.807, 2.05) is 12.1 Å². The van der Waals surface area contributed by atoms with Crippen molar-refractivity contribution in [2.75, 3.05) is 18.1 Å². The SMILES string of the molecule is C=c1nc2cc/c(=C(/O)CSCCCCCCO)cc2o1. The summed E-state index contributed by atoms with van der Waals surface area (Å²) in [6, 6.07) is 5.48. The Kier molecular flexibility index (Phi) is 6.14. The Labute approximate surface area is 128 Å². The molecule has 0 spiro atoms. The molecule has 4 nitrogen and oxygen atoms in total. The molecule has 0 amide bonds. The number of unbranched alkanes of at least 4 members (excludes halogenated alkanes) is 3. The molecule has 21 heavy (non-hydrogen) atoms. The van der Waals surface area contributed by atoms with E-state index >= 15 is 0 Å². The highest BCUT2D eigenvalue weighted by atomic mass is 32.2. The molecule has 2 rings (SSSR count). The Bertz CT molecular complexity index is 680. The number of thioether (sulfide) groups is 1. The van der Waals surface area contributed by atoms with E-state index < -0.39 is 0 Å². The molecule has 0 radical (unpaired) electrons. The first-order valence-corrected chi connectivity index (χ1v) is 8.32. The van der Waals surface area contributed by atoms with Gasteiger partial charge in [-0.1, -0.05) is 12.8 Å². The minimum Gasteiger partial charge on any atom is -0.511 e. The number of hydrogen-bond acceptors (Lipinski definition) is 5. The third-order valence-electron chi connectivity index (χ3n) is 3.20. The highest BCUT2D eigenvalue weighted by molar-refractivity contribution is 7.99. The summed E-state index contributed by atoms with van der Waals surface area (Å²) in [5, 5.41) is 19.6. The number of nitrogens with zero attached hydrogens (tertiary/aromatic N) is 1. The highest BCUT2D eigenvalue weighted by Gasteiger charge is 2.01. The summed E-state index contributed by atoms with van der Waals surface area (Å²) in [6.45, 7) is 3.94. The van der Waals surface area contributed by atoms with E-state index in [0.29, 0.717) is 22.6 Å². The van der Waals surface area contributed by atoms with Crippen molar-refractivity contribution < 1.29 is 14.6 Å². The van der Waals surface area contributed by atoms with Crippen molar-refractivity contribution in [2.45, 2.75) is 25.7 Å². The van der Waals surface area contributed by atoms with E-state index in [4.69, 9.17) is 9.52 Å². The van der Waals surface area contributed by atoms with Crippen LogP contribution in [0.1, 0.15) is 25.7 Å². The largest absolute Gasteiger partial charge is 0.511 e. The molecular weight excluding hydrogens is 286 g/mol. The number of oxazole rings is 1. The van der Waals surface area contributed by atoms with Crippen LogP contribution in [-0.4, -0.2) is 33.3 Å². The van der Waals surface area contributed by atoms with Crippen LogP contribution in [0.3, 0.4) is 0 Å². The Hall–Kier alpha value is -1.46. The molecule has 0 aliphatic heterocycles. The van der Waals surface area contributed by atoms with Crippen LogP contribution in [0.4, 0.5) is 0 Å². The van der Waals surface area contributed by atoms with Crippen LogP contribution < -0.4 is 10.8 Å². The second kappa shape index (κ2) is 8.10. The smallest absolute Gasteiger partial charge is 0.212 e. The van der Waals surface area contributed by atoms with Gasteiger partial charge in [0.2, 0.25) is 5.55 Å². The zero-order valence-corrected chi connectivity index (χ0v) is 12.9. The number of hydrogen-bond donors (Lipinski definition) is 2. The van der Waals surface area contributed by atoms with Crippen LogP contribution in [0, 0.1) is 0 Å². The topological polar surface area (TPSA) is 66.5 Å². The molecule has 2 N–H and O–H groups in total. The van der Waals surface area contributed by atoms with Gasteiger partial charge in [-0.05, 0) is 43.4 Å². The van der Waals surface area contributed by atoms with E-state index in [9.17, 15) is 5.11 Å². The van der Waals surface area contributed by atoms with E-state index in [2.05, 4.69) is 11.6 Å². The summed E-state index contributed by atoms with van der Waals surface area (Å²) in [5.74, 6) is 1.97. The van der Waals surface area contributed by atoms with E-state index in [1.165, 1.54) is 0 Å². The van der Waals surface area contributed by atoms with Crippen molar-refractivity contribution in [1.82, 2.24) is 4.98 Å². The normalized spacial score (nSPS) is 12.8. The number of rotatable bonds is 8. The van der Waals surface area contributed by atoms with Crippen molar-refractivity contribution >= 4 is 35.2 Å². The van der Waals surface area contributed by atoms with Gasteiger partial charge in [-0.15, -0.1) is 0 Å². The van der Waals surface area contributed by atoms with Gasteiger partial charge in [-0.2, -0.15) is 11.8 Å². The third-order valence-corrected chi connectivity index (χ3v) is 4.26. The minimum absolute atomic E-state index is 0.279. The van der Waals surface area contributed by atoms with Crippen molar-refractivity contribution in [3.05, 3.63) is 29.0 Å². The predicted octanol–water partition coefficient (Wildman–Crippen LogP) is 2.19. The number of aliphatic hydroxyl groups is 2. The molecule has 114 valence electrons. The molecular formula is C16H21NO3S. The monoisotopic (exact) mass is 307 g/mol. The van der Waals surface area contributed by atoms with Gasteiger partial charge in [0, 0.05) is 11.8 Å². The quantitative estimate of drug-likeness (QED) is 0.732. The van der Waals surface area contributed by atoms with Crippen LogP contribution in [0.5, 0.6) is 0 Å². The molecule has 0 aliphatic rings. The average Bonchev–Trinajstić information content (AvgIpc) is 2.85. The molecule has 0 atom stereocenters. The van der Waals surface area contributed by atoms with Crippen LogP contribution in [0.25, 0.3) is 23.4 Å². The molecule has 0 aliphatic carbocycles. The van der Waals surface area contributed by atoms with Gasteiger partial charge in [0.25, 0.3) is 0 Å². The maximum atomic E-state index is 10.1.